The van der Waals surface area contributed by atoms with E-state index in [-0.39, 0.29) is 6.54 Å². The van der Waals surface area contributed by atoms with Gasteiger partial charge >= 0.3 is 0 Å². The van der Waals surface area contributed by atoms with Gasteiger partial charge in [0, 0.05) is 18.0 Å². The molecule has 3 rings (SSSR count). The van der Waals surface area contributed by atoms with Gasteiger partial charge in [-0.05, 0) is 16.3 Å². The van der Waals surface area contributed by atoms with Crippen LogP contribution in [0.1, 0.15) is 0 Å². The quantitative estimate of drug-likeness (QED) is 0.734. The van der Waals surface area contributed by atoms with Gasteiger partial charge in [-0.2, -0.15) is 5.26 Å². The second kappa shape index (κ2) is 5.37. The lowest BCUT2D eigenvalue weighted by molar-refractivity contribution is 1.12. The normalized spacial score (nSPS) is 10.2. The maximum atomic E-state index is 8.51. The molecule has 3 aromatic rings. The minimum Gasteiger partial charge on any atom is -0.341 e. The summed E-state index contributed by atoms with van der Waals surface area (Å²) in [5.41, 5.74) is 2.07. The molecule has 1 aromatic heterocycles. The largest absolute Gasteiger partial charge is 0.341 e. The Bertz CT molecular complexity index is 767. The zero-order valence-corrected chi connectivity index (χ0v) is 10.7. The van der Waals surface area contributed by atoms with Crippen LogP contribution in [-0.4, -0.2) is 16.5 Å². The van der Waals surface area contributed by atoms with Crippen LogP contribution in [0.3, 0.4) is 0 Å². The molecule has 0 radical (unpaired) electrons. The van der Waals surface area contributed by atoms with Crippen molar-refractivity contribution in [1.29, 1.82) is 5.26 Å². The number of rotatable bonds is 3. The van der Waals surface area contributed by atoms with Crippen molar-refractivity contribution in [2.45, 2.75) is 0 Å². The van der Waals surface area contributed by atoms with Crippen LogP contribution in [0.15, 0.2) is 54.9 Å². The van der Waals surface area contributed by atoms with Gasteiger partial charge in [-0.25, -0.2) is 9.97 Å². The molecule has 0 aliphatic heterocycles. The number of hydrogen-bond donors (Lipinski definition) is 1. The summed E-state index contributed by atoms with van der Waals surface area (Å²) < 4.78 is 0. The highest BCUT2D eigenvalue weighted by Crippen LogP contribution is 2.27. The number of anilines is 1. The molecule has 0 amide bonds. The number of nitriles is 1. The summed E-state index contributed by atoms with van der Waals surface area (Å²) in [7, 11) is 0. The van der Waals surface area contributed by atoms with Crippen molar-refractivity contribution in [3.05, 3.63) is 54.9 Å². The molecule has 0 atom stereocenters. The molecule has 0 unspecified atom stereocenters. The lowest BCUT2D eigenvalue weighted by Crippen LogP contribution is -2.02. The molecule has 96 valence electrons. The third kappa shape index (κ3) is 2.29. The summed E-state index contributed by atoms with van der Waals surface area (Å²) in [5.74, 6) is 0.468. The van der Waals surface area contributed by atoms with Gasteiger partial charge < -0.3 is 5.32 Å². The van der Waals surface area contributed by atoms with Gasteiger partial charge in [-0.1, -0.05) is 42.5 Å². The predicted molar refractivity (Wildman–Crippen MR) is 79.1 cm³/mol. The molecule has 0 aliphatic rings. The molecule has 0 spiro atoms. The molecule has 0 saturated heterocycles. The molecule has 0 bridgehead atoms. The average molecular weight is 260 g/mol. The first-order valence-electron chi connectivity index (χ1n) is 6.29. The van der Waals surface area contributed by atoms with Crippen molar-refractivity contribution < 1.29 is 0 Å². The molecular weight excluding hydrogens is 248 g/mol. The summed E-state index contributed by atoms with van der Waals surface area (Å²) >= 11 is 0. The third-order valence-electron chi connectivity index (χ3n) is 3.08. The molecule has 0 saturated carbocycles. The van der Waals surface area contributed by atoms with Gasteiger partial charge in [0.05, 0.1) is 6.07 Å². The van der Waals surface area contributed by atoms with E-state index in [0.717, 1.165) is 11.1 Å². The van der Waals surface area contributed by atoms with Gasteiger partial charge in [-0.3, -0.25) is 0 Å². The second-order valence-corrected chi connectivity index (χ2v) is 4.33. The van der Waals surface area contributed by atoms with Crippen LogP contribution in [0.2, 0.25) is 0 Å². The highest BCUT2D eigenvalue weighted by molar-refractivity contribution is 5.96. The van der Waals surface area contributed by atoms with E-state index in [1.54, 1.807) is 12.4 Å². The lowest BCUT2D eigenvalue weighted by Gasteiger charge is -2.07. The molecule has 2 aromatic carbocycles. The highest BCUT2D eigenvalue weighted by Gasteiger charge is 2.04. The number of fused-ring (bicyclic) bond motifs is 1. The van der Waals surface area contributed by atoms with Gasteiger partial charge in [0.2, 0.25) is 5.95 Å². The van der Waals surface area contributed by atoms with E-state index >= 15 is 0 Å². The number of nitrogens with zero attached hydrogens (tertiary/aromatic N) is 3. The van der Waals surface area contributed by atoms with Crippen molar-refractivity contribution in [2.75, 3.05) is 11.9 Å². The van der Waals surface area contributed by atoms with Crippen LogP contribution < -0.4 is 5.32 Å². The standard InChI is InChI=1S/C16H12N4/c17-8-9-18-16-19-10-13(11-20-16)15-7-3-5-12-4-1-2-6-14(12)15/h1-7,10-11H,9H2,(H,18,19,20). The van der Waals surface area contributed by atoms with E-state index in [1.165, 1.54) is 10.8 Å². The smallest absolute Gasteiger partial charge is 0.223 e. The molecule has 1 heterocycles. The number of benzene rings is 2. The molecule has 20 heavy (non-hydrogen) atoms. The van der Waals surface area contributed by atoms with Gasteiger partial charge in [0.25, 0.3) is 0 Å². The van der Waals surface area contributed by atoms with Crippen LogP contribution in [0.5, 0.6) is 0 Å². The van der Waals surface area contributed by atoms with Gasteiger partial charge in [0.15, 0.2) is 0 Å². The van der Waals surface area contributed by atoms with Crippen molar-refractivity contribution in [1.82, 2.24) is 9.97 Å². The molecular formula is C16H12N4. The maximum absolute atomic E-state index is 8.51. The zero-order chi connectivity index (χ0) is 13.8. The Hall–Kier alpha value is -2.93. The van der Waals surface area contributed by atoms with Crippen molar-refractivity contribution in [2.24, 2.45) is 0 Å². The third-order valence-corrected chi connectivity index (χ3v) is 3.08. The van der Waals surface area contributed by atoms with Gasteiger partial charge in [-0.15, -0.1) is 0 Å². The van der Waals surface area contributed by atoms with Crippen molar-refractivity contribution in [3.8, 4) is 17.2 Å². The fourth-order valence-electron chi connectivity index (χ4n) is 2.15. The topological polar surface area (TPSA) is 61.6 Å². The molecule has 4 heteroatoms. The average Bonchev–Trinajstić information content (AvgIpc) is 2.53. The Labute approximate surface area is 116 Å². The zero-order valence-electron chi connectivity index (χ0n) is 10.7. The summed E-state index contributed by atoms with van der Waals surface area (Å²) in [6, 6.07) is 16.4. The Balaban J connectivity index is 2.01. The van der Waals surface area contributed by atoms with Crippen LogP contribution in [0.25, 0.3) is 21.9 Å². The number of aromatic nitrogens is 2. The van der Waals surface area contributed by atoms with E-state index in [9.17, 15) is 0 Å². The van der Waals surface area contributed by atoms with Crippen LogP contribution in [0, 0.1) is 11.3 Å². The van der Waals surface area contributed by atoms with Crippen molar-refractivity contribution in [3.63, 3.8) is 0 Å². The van der Waals surface area contributed by atoms with Crippen LogP contribution >= 0.6 is 0 Å². The summed E-state index contributed by atoms with van der Waals surface area (Å²) in [4.78, 5) is 8.45. The van der Waals surface area contributed by atoms with Gasteiger partial charge in [0.1, 0.15) is 6.54 Å². The first-order valence-corrected chi connectivity index (χ1v) is 6.29. The van der Waals surface area contributed by atoms with E-state index in [1.807, 2.05) is 24.3 Å². The fraction of sp³-hybridized carbons (Fsp3) is 0.0625. The Morgan fingerprint density at radius 3 is 2.55 bits per heavy atom. The summed E-state index contributed by atoms with van der Waals surface area (Å²) in [6.45, 7) is 0.202. The first-order chi connectivity index (χ1) is 9.88. The lowest BCUT2D eigenvalue weighted by atomic mass is 10.0. The van der Waals surface area contributed by atoms with E-state index in [2.05, 4.69) is 39.6 Å². The van der Waals surface area contributed by atoms with E-state index < -0.39 is 0 Å². The summed E-state index contributed by atoms with van der Waals surface area (Å²) in [6.07, 6.45) is 3.54. The second-order valence-electron chi connectivity index (χ2n) is 4.33. The predicted octanol–water partition coefficient (Wildman–Crippen LogP) is 3.23. The summed E-state index contributed by atoms with van der Waals surface area (Å²) in [5, 5.41) is 13.7. The minimum atomic E-state index is 0.202. The SMILES string of the molecule is N#CCNc1ncc(-c2cccc3ccccc23)cn1. The number of nitrogens with one attached hydrogen (secondary N) is 1. The Morgan fingerprint density at radius 2 is 1.75 bits per heavy atom. The maximum Gasteiger partial charge on any atom is 0.223 e. The minimum absolute atomic E-state index is 0.202. The van der Waals surface area contributed by atoms with Crippen LogP contribution in [0.4, 0.5) is 5.95 Å². The monoisotopic (exact) mass is 260 g/mol. The van der Waals surface area contributed by atoms with E-state index in [4.69, 9.17) is 5.26 Å². The first kappa shape index (κ1) is 12.1. The molecule has 1 N–H and O–H groups in total. The number of hydrogen-bond acceptors (Lipinski definition) is 4. The Kier molecular flexibility index (Phi) is 3.25. The fourth-order valence-corrected chi connectivity index (χ4v) is 2.15. The molecule has 0 aliphatic carbocycles. The van der Waals surface area contributed by atoms with Crippen molar-refractivity contribution >= 4 is 16.7 Å². The molecule has 0 fully saturated rings. The Morgan fingerprint density at radius 1 is 1.00 bits per heavy atom. The van der Waals surface area contributed by atoms with Crippen LogP contribution in [-0.2, 0) is 0 Å². The van der Waals surface area contributed by atoms with E-state index in [0.29, 0.717) is 5.95 Å². The highest BCUT2D eigenvalue weighted by atomic mass is 15.1. The molecule has 4 nitrogen and oxygen atoms in total.